The van der Waals surface area contributed by atoms with E-state index in [1.165, 1.54) is 26.4 Å². The second-order valence-electron chi connectivity index (χ2n) is 7.66. The van der Waals surface area contributed by atoms with Crippen LogP contribution in [0.2, 0.25) is 0 Å². The lowest BCUT2D eigenvalue weighted by Gasteiger charge is -2.42. The highest BCUT2D eigenvalue weighted by Gasteiger charge is 2.56. The third-order valence-corrected chi connectivity index (χ3v) is 5.61. The Balaban J connectivity index is 1.69. The standard InChI is InChI=1S/C22H33NO6/c1-3-4-5-6-10-13-27-19-17(15-24)28-21(26-2)18-20(19)29-22(25)23(18)14-16-11-8-7-9-12-16/h7-9,11-12,17-21,24H,3-6,10,13-15H2,1-2H3. The molecular formula is C22H33NO6. The molecule has 2 heterocycles. The Kier molecular flexibility index (Phi) is 8.29. The van der Waals surface area contributed by atoms with E-state index in [2.05, 4.69) is 6.92 Å². The summed E-state index contributed by atoms with van der Waals surface area (Å²) in [6.45, 7) is 2.91. The minimum atomic E-state index is -0.684. The number of fused-ring (bicyclic) bond motifs is 1. The Morgan fingerprint density at radius 1 is 1.14 bits per heavy atom. The Morgan fingerprint density at radius 2 is 1.90 bits per heavy atom. The molecule has 1 N–H and O–H groups in total. The van der Waals surface area contributed by atoms with Crippen LogP contribution in [0.15, 0.2) is 30.3 Å². The lowest BCUT2D eigenvalue weighted by atomic mass is 9.96. The van der Waals surface area contributed by atoms with Gasteiger partial charge in [0.25, 0.3) is 0 Å². The molecule has 1 amide bonds. The van der Waals surface area contributed by atoms with Crippen molar-refractivity contribution in [2.45, 2.75) is 76.2 Å². The summed E-state index contributed by atoms with van der Waals surface area (Å²) in [4.78, 5) is 14.3. The van der Waals surface area contributed by atoms with Crippen molar-refractivity contribution in [2.24, 2.45) is 0 Å². The number of nitrogens with zero attached hydrogens (tertiary/aromatic N) is 1. The molecule has 162 valence electrons. The monoisotopic (exact) mass is 407 g/mol. The van der Waals surface area contributed by atoms with Crippen molar-refractivity contribution in [3.05, 3.63) is 35.9 Å². The van der Waals surface area contributed by atoms with E-state index >= 15 is 0 Å². The van der Waals surface area contributed by atoms with Crippen molar-refractivity contribution < 1.29 is 28.8 Å². The van der Waals surface area contributed by atoms with Crippen LogP contribution >= 0.6 is 0 Å². The van der Waals surface area contributed by atoms with Crippen LogP contribution in [0.25, 0.3) is 0 Å². The van der Waals surface area contributed by atoms with Crippen molar-refractivity contribution in [1.29, 1.82) is 0 Å². The van der Waals surface area contributed by atoms with Gasteiger partial charge in [0.1, 0.15) is 18.2 Å². The third-order valence-electron chi connectivity index (χ3n) is 5.61. The highest BCUT2D eigenvalue weighted by atomic mass is 16.7. The van der Waals surface area contributed by atoms with Gasteiger partial charge in [-0.3, -0.25) is 4.90 Å². The molecule has 2 aliphatic rings. The SMILES string of the molecule is CCCCCCCOC1C(CO)OC(OC)C2C1OC(=O)N2Cc1ccccc1. The molecule has 0 radical (unpaired) electrons. The molecule has 0 aliphatic carbocycles. The second-order valence-corrected chi connectivity index (χ2v) is 7.66. The number of rotatable bonds is 11. The van der Waals surface area contributed by atoms with Gasteiger partial charge in [0.15, 0.2) is 12.4 Å². The van der Waals surface area contributed by atoms with Crippen molar-refractivity contribution in [3.8, 4) is 0 Å². The van der Waals surface area contributed by atoms with Crippen LogP contribution in [0.4, 0.5) is 4.79 Å². The zero-order valence-corrected chi connectivity index (χ0v) is 17.4. The fourth-order valence-electron chi connectivity index (χ4n) is 4.08. The number of aliphatic hydroxyl groups is 1. The van der Waals surface area contributed by atoms with Crippen LogP contribution in [0.5, 0.6) is 0 Å². The lowest BCUT2D eigenvalue weighted by molar-refractivity contribution is -0.268. The molecule has 5 unspecified atom stereocenters. The zero-order valence-electron chi connectivity index (χ0n) is 17.4. The first kappa shape index (κ1) is 22.0. The van der Waals surface area contributed by atoms with E-state index in [1.54, 1.807) is 4.90 Å². The van der Waals surface area contributed by atoms with E-state index in [0.29, 0.717) is 13.2 Å². The Labute approximate surface area is 172 Å². The Hall–Kier alpha value is -1.67. The first-order valence-electron chi connectivity index (χ1n) is 10.6. The Bertz CT molecular complexity index is 627. The van der Waals surface area contributed by atoms with E-state index in [-0.39, 0.29) is 6.61 Å². The molecule has 7 heteroatoms. The number of amides is 1. The zero-order chi connectivity index (χ0) is 20.6. The Morgan fingerprint density at radius 3 is 2.59 bits per heavy atom. The van der Waals surface area contributed by atoms with Crippen molar-refractivity contribution in [2.75, 3.05) is 20.3 Å². The second kappa shape index (κ2) is 10.9. The van der Waals surface area contributed by atoms with Gasteiger partial charge >= 0.3 is 6.09 Å². The number of hydrogen-bond acceptors (Lipinski definition) is 6. The van der Waals surface area contributed by atoms with Gasteiger partial charge in [-0.05, 0) is 12.0 Å². The van der Waals surface area contributed by atoms with E-state index in [0.717, 1.165) is 18.4 Å². The first-order valence-corrected chi connectivity index (χ1v) is 10.6. The molecule has 0 aromatic heterocycles. The lowest BCUT2D eigenvalue weighted by Crippen LogP contribution is -2.61. The van der Waals surface area contributed by atoms with E-state index in [1.807, 2.05) is 30.3 Å². The van der Waals surface area contributed by atoms with Gasteiger partial charge in [0.2, 0.25) is 0 Å². The summed E-state index contributed by atoms with van der Waals surface area (Å²) in [5.74, 6) is 0. The number of hydrogen-bond donors (Lipinski definition) is 1. The number of carbonyl (C=O) groups excluding carboxylic acids is 1. The molecule has 29 heavy (non-hydrogen) atoms. The molecule has 3 rings (SSSR count). The fourth-order valence-corrected chi connectivity index (χ4v) is 4.08. The molecule has 0 bridgehead atoms. The highest BCUT2D eigenvalue weighted by Crippen LogP contribution is 2.35. The summed E-state index contributed by atoms with van der Waals surface area (Å²) in [6, 6.07) is 9.31. The molecule has 2 aliphatic heterocycles. The van der Waals surface area contributed by atoms with Crippen LogP contribution in [0.3, 0.4) is 0 Å². The summed E-state index contributed by atoms with van der Waals surface area (Å²) in [5, 5.41) is 9.82. The van der Waals surface area contributed by atoms with Gasteiger partial charge in [-0.25, -0.2) is 4.79 Å². The predicted molar refractivity (Wildman–Crippen MR) is 107 cm³/mol. The summed E-state index contributed by atoms with van der Waals surface area (Å²) >= 11 is 0. The molecule has 7 nitrogen and oxygen atoms in total. The van der Waals surface area contributed by atoms with Crippen LogP contribution < -0.4 is 0 Å². The summed E-state index contributed by atoms with van der Waals surface area (Å²) in [6.07, 6.45) is 2.87. The molecular weight excluding hydrogens is 374 g/mol. The summed E-state index contributed by atoms with van der Waals surface area (Å²) in [7, 11) is 1.54. The van der Waals surface area contributed by atoms with Gasteiger partial charge in [0, 0.05) is 20.3 Å². The molecule has 5 atom stereocenters. The van der Waals surface area contributed by atoms with E-state index in [4.69, 9.17) is 18.9 Å². The van der Waals surface area contributed by atoms with Crippen molar-refractivity contribution in [1.82, 2.24) is 4.90 Å². The average Bonchev–Trinajstić information content (AvgIpc) is 3.07. The summed E-state index contributed by atoms with van der Waals surface area (Å²) in [5.41, 5.74) is 0.998. The number of methoxy groups -OCH3 is 1. The number of unbranched alkanes of at least 4 members (excludes halogenated alkanes) is 4. The smallest absolute Gasteiger partial charge is 0.411 e. The van der Waals surface area contributed by atoms with Crippen molar-refractivity contribution >= 4 is 6.09 Å². The fraction of sp³-hybridized carbons (Fsp3) is 0.682. The van der Waals surface area contributed by atoms with Crippen LogP contribution in [-0.2, 0) is 25.5 Å². The van der Waals surface area contributed by atoms with Gasteiger partial charge < -0.3 is 24.1 Å². The molecule has 2 saturated heterocycles. The molecule has 1 aromatic carbocycles. The molecule has 1 aromatic rings. The molecule has 0 saturated carbocycles. The topological polar surface area (TPSA) is 77.5 Å². The maximum Gasteiger partial charge on any atom is 0.411 e. The van der Waals surface area contributed by atoms with Crippen LogP contribution in [-0.4, -0.2) is 67.1 Å². The van der Waals surface area contributed by atoms with Gasteiger partial charge in [-0.2, -0.15) is 0 Å². The van der Waals surface area contributed by atoms with E-state index in [9.17, 15) is 9.90 Å². The first-order chi connectivity index (χ1) is 14.2. The van der Waals surface area contributed by atoms with Gasteiger partial charge in [0.05, 0.1) is 6.61 Å². The average molecular weight is 408 g/mol. The number of benzene rings is 1. The van der Waals surface area contributed by atoms with E-state index < -0.39 is 36.7 Å². The third kappa shape index (κ3) is 5.28. The quantitative estimate of drug-likeness (QED) is 0.568. The van der Waals surface area contributed by atoms with Crippen molar-refractivity contribution in [3.63, 3.8) is 0 Å². The largest absolute Gasteiger partial charge is 0.441 e. The predicted octanol–water partition coefficient (Wildman–Crippen LogP) is 3.10. The molecule has 0 spiro atoms. The van der Waals surface area contributed by atoms with Gasteiger partial charge in [-0.1, -0.05) is 62.9 Å². The summed E-state index contributed by atoms with van der Waals surface area (Å²) < 4.78 is 23.3. The maximum atomic E-state index is 12.7. The number of ether oxygens (including phenoxy) is 4. The molecule has 2 fully saturated rings. The highest BCUT2D eigenvalue weighted by molar-refractivity contribution is 5.71. The number of aliphatic hydroxyl groups excluding tert-OH is 1. The maximum absolute atomic E-state index is 12.7. The van der Waals surface area contributed by atoms with Gasteiger partial charge in [-0.15, -0.1) is 0 Å². The normalized spacial score (nSPS) is 29.0. The minimum Gasteiger partial charge on any atom is -0.441 e. The minimum absolute atomic E-state index is 0.222. The van der Waals surface area contributed by atoms with Crippen LogP contribution in [0.1, 0.15) is 44.6 Å². The van der Waals surface area contributed by atoms with Crippen LogP contribution in [0, 0.1) is 0 Å². The number of carbonyl (C=O) groups is 1.